The summed E-state index contributed by atoms with van der Waals surface area (Å²) in [6.07, 6.45) is 0. The minimum atomic E-state index is -0.353. The number of benzene rings is 2. The van der Waals surface area contributed by atoms with Crippen LogP contribution in [0, 0.1) is 5.82 Å². The second kappa shape index (κ2) is 6.59. The lowest BCUT2D eigenvalue weighted by molar-refractivity contribution is 0.414. The minimum absolute atomic E-state index is 0.264. The third kappa shape index (κ3) is 3.52. The molecule has 0 saturated heterocycles. The van der Waals surface area contributed by atoms with Crippen LogP contribution in [0.3, 0.4) is 0 Å². The highest BCUT2D eigenvalue weighted by atomic mass is 19.1. The van der Waals surface area contributed by atoms with Gasteiger partial charge in [-0.1, -0.05) is 18.2 Å². The Morgan fingerprint density at radius 3 is 2.62 bits per heavy atom. The van der Waals surface area contributed by atoms with E-state index >= 15 is 0 Å². The Morgan fingerprint density at radius 2 is 1.95 bits per heavy atom. The molecule has 0 aliphatic heterocycles. The lowest BCUT2D eigenvalue weighted by atomic mass is 10.0. The van der Waals surface area contributed by atoms with Crippen molar-refractivity contribution in [2.75, 3.05) is 19.1 Å². The van der Waals surface area contributed by atoms with Crippen molar-refractivity contribution >= 4 is 5.69 Å². The zero-order valence-corrected chi connectivity index (χ0v) is 12.6. The Bertz CT molecular complexity index is 613. The maximum Gasteiger partial charge on any atom is 0.130 e. The topological polar surface area (TPSA) is 38.5 Å². The normalized spacial score (nSPS) is 12.0. The van der Waals surface area contributed by atoms with Crippen molar-refractivity contribution in [1.29, 1.82) is 0 Å². The summed E-state index contributed by atoms with van der Waals surface area (Å²) in [6.45, 7) is 2.45. The van der Waals surface area contributed by atoms with Crippen LogP contribution >= 0.6 is 0 Å². The van der Waals surface area contributed by atoms with Gasteiger partial charge < -0.3 is 15.4 Å². The molecular formula is C17H21FN2O. The van der Waals surface area contributed by atoms with Crippen LogP contribution in [-0.4, -0.2) is 14.2 Å². The predicted octanol–water partition coefficient (Wildman–Crippen LogP) is 3.49. The van der Waals surface area contributed by atoms with Gasteiger partial charge in [-0.2, -0.15) is 0 Å². The van der Waals surface area contributed by atoms with Gasteiger partial charge in [0.2, 0.25) is 0 Å². The van der Waals surface area contributed by atoms with Crippen molar-refractivity contribution in [2.45, 2.75) is 19.5 Å². The Kier molecular flexibility index (Phi) is 4.81. The molecule has 0 amide bonds. The molecule has 1 atom stereocenters. The van der Waals surface area contributed by atoms with Crippen LogP contribution < -0.4 is 15.4 Å². The van der Waals surface area contributed by atoms with Gasteiger partial charge in [0.25, 0.3) is 0 Å². The first-order valence-corrected chi connectivity index (χ1v) is 6.91. The molecule has 0 bridgehead atoms. The largest absolute Gasteiger partial charge is 0.497 e. The van der Waals surface area contributed by atoms with E-state index in [1.807, 2.05) is 42.3 Å². The van der Waals surface area contributed by atoms with Gasteiger partial charge >= 0.3 is 0 Å². The van der Waals surface area contributed by atoms with Crippen LogP contribution in [0.15, 0.2) is 42.5 Å². The third-order valence-corrected chi connectivity index (χ3v) is 3.45. The van der Waals surface area contributed by atoms with Gasteiger partial charge in [-0.15, -0.1) is 0 Å². The van der Waals surface area contributed by atoms with Crippen molar-refractivity contribution in [3.63, 3.8) is 0 Å². The van der Waals surface area contributed by atoms with Gasteiger partial charge in [-0.3, -0.25) is 0 Å². The maximum atomic E-state index is 14.0. The molecule has 0 aromatic heterocycles. The molecule has 0 radical (unpaired) electrons. The summed E-state index contributed by atoms with van der Waals surface area (Å²) >= 11 is 0. The highest BCUT2D eigenvalue weighted by Crippen LogP contribution is 2.28. The number of methoxy groups -OCH3 is 1. The number of halogens is 1. The first kappa shape index (κ1) is 15.3. The summed E-state index contributed by atoms with van der Waals surface area (Å²) in [5.74, 6) is 0.549. The molecule has 0 aliphatic carbocycles. The summed E-state index contributed by atoms with van der Waals surface area (Å²) in [4.78, 5) is 2.00. The quantitative estimate of drug-likeness (QED) is 0.915. The molecule has 0 saturated carbocycles. The summed E-state index contributed by atoms with van der Waals surface area (Å²) in [7, 11) is 3.57. The van der Waals surface area contributed by atoms with E-state index < -0.39 is 0 Å². The van der Waals surface area contributed by atoms with E-state index in [-0.39, 0.29) is 11.9 Å². The molecule has 112 valence electrons. The fourth-order valence-electron chi connectivity index (χ4n) is 2.44. The van der Waals surface area contributed by atoms with Gasteiger partial charge in [0.05, 0.1) is 7.11 Å². The number of nitrogens with two attached hydrogens (primary N) is 1. The van der Waals surface area contributed by atoms with Crippen LogP contribution in [0.4, 0.5) is 10.1 Å². The van der Waals surface area contributed by atoms with Crippen LogP contribution in [-0.2, 0) is 6.54 Å². The van der Waals surface area contributed by atoms with Gasteiger partial charge in [-0.05, 0) is 36.8 Å². The molecule has 0 aliphatic rings. The number of rotatable bonds is 5. The number of nitrogens with zero attached hydrogens (tertiary/aromatic N) is 1. The van der Waals surface area contributed by atoms with Crippen molar-refractivity contribution in [3.05, 3.63) is 59.4 Å². The fourth-order valence-corrected chi connectivity index (χ4v) is 2.44. The zero-order valence-electron chi connectivity index (χ0n) is 12.6. The Labute approximate surface area is 125 Å². The Balaban J connectivity index is 2.28. The van der Waals surface area contributed by atoms with Crippen LogP contribution in [0.1, 0.15) is 24.1 Å². The first-order chi connectivity index (χ1) is 10.0. The average Bonchev–Trinajstić information content (AvgIpc) is 2.46. The number of anilines is 1. The molecule has 21 heavy (non-hydrogen) atoms. The lowest BCUT2D eigenvalue weighted by Gasteiger charge is -2.24. The monoisotopic (exact) mass is 288 g/mol. The molecule has 2 aromatic carbocycles. The molecule has 2 rings (SSSR count). The molecule has 4 heteroatoms. The van der Waals surface area contributed by atoms with Crippen molar-refractivity contribution in [2.24, 2.45) is 5.73 Å². The standard InChI is InChI=1S/C17H21FN2O/c1-12(19)17-15(18)8-5-9-16(17)20(2)11-13-6-4-7-14(10-13)21-3/h4-10,12H,11,19H2,1-3H3/t12-/m1/s1. The van der Waals surface area contributed by atoms with E-state index in [4.69, 9.17) is 10.5 Å². The summed E-state index contributed by atoms with van der Waals surface area (Å²) in [6, 6.07) is 12.5. The molecule has 0 spiro atoms. The molecule has 0 fully saturated rings. The predicted molar refractivity (Wildman–Crippen MR) is 84.1 cm³/mol. The van der Waals surface area contributed by atoms with E-state index in [1.54, 1.807) is 20.1 Å². The average molecular weight is 288 g/mol. The molecule has 2 aromatic rings. The summed E-state index contributed by atoms with van der Waals surface area (Å²) in [5, 5.41) is 0. The van der Waals surface area contributed by atoms with E-state index in [2.05, 4.69) is 0 Å². The van der Waals surface area contributed by atoms with Crippen molar-refractivity contribution < 1.29 is 9.13 Å². The number of ether oxygens (including phenoxy) is 1. The van der Waals surface area contributed by atoms with Gasteiger partial charge in [0, 0.05) is 30.9 Å². The van der Waals surface area contributed by atoms with Gasteiger partial charge in [0.15, 0.2) is 0 Å². The van der Waals surface area contributed by atoms with E-state index in [1.165, 1.54) is 6.07 Å². The maximum absolute atomic E-state index is 14.0. The van der Waals surface area contributed by atoms with Crippen molar-refractivity contribution in [1.82, 2.24) is 0 Å². The highest BCUT2D eigenvalue weighted by Gasteiger charge is 2.15. The highest BCUT2D eigenvalue weighted by molar-refractivity contribution is 5.55. The SMILES string of the molecule is COc1cccc(CN(C)c2cccc(F)c2[C@@H](C)N)c1. The Morgan fingerprint density at radius 1 is 1.24 bits per heavy atom. The first-order valence-electron chi connectivity index (χ1n) is 6.91. The van der Waals surface area contributed by atoms with Gasteiger partial charge in [-0.25, -0.2) is 4.39 Å². The second-order valence-electron chi connectivity index (χ2n) is 5.17. The van der Waals surface area contributed by atoms with Crippen molar-refractivity contribution in [3.8, 4) is 5.75 Å². The third-order valence-electron chi connectivity index (χ3n) is 3.45. The minimum Gasteiger partial charge on any atom is -0.497 e. The zero-order chi connectivity index (χ0) is 15.4. The van der Waals surface area contributed by atoms with E-state index in [0.29, 0.717) is 12.1 Å². The fraction of sp³-hybridized carbons (Fsp3) is 0.294. The smallest absolute Gasteiger partial charge is 0.130 e. The summed E-state index contributed by atoms with van der Waals surface area (Å²) < 4.78 is 19.2. The van der Waals surface area contributed by atoms with E-state index in [9.17, 15) is 4.39 Å². The molecule has 0 heterocycles. The van der Waals surface area contributed by atoms with Gasteiger partial charge in [0.1, 0.15) is 11.6 Å². The summed E-state index contributed by atoms with van der Waals surface area (Å²) in [5.41, 5.74) is 8.36. The number of hydrogen-bond acceptors (Lipinski definition) is 3. The Hall–Kier alpha value is -2.07. The molecule has 2 N–H and O–H groups in total. The van der Waals surface area contributed by atoms with Crippen LogP contribution in [0.25, 0.3) is 0 Å². The molecule has 3 nitrogen and oxygen atoms in total. The lowest BCUT2D eigenvalue weighted by Crippen LogP contribution is -2.21. The number of hydrogen-bond donors (Lipinski definition) is 1. The van der Waals surface area contributed by atoms with Crippen LogP contribution in [0.2, 0.25) is 0 Å². The second-order valence-corrected chi connectivity index (χ2v) is 5.17. The van der Waals surface area contributed by atoms with E-state index in [0.717, 1.165) is 17.0 Å². The molecule has 0 unspecified atom stereocenters. The van der Waals surface area contributed by atoms with Crippen LogP contribution in [0.5, 0.6) is 5.75 Å². The molecular weight excluding hydrogens is 267 g/mol.